The quantitative estimate of drug-likeness (QED) is 0.704. The van der Waals surface area contributed by atoms with Gasteiger partial charge in [0.05, 0.1) is 6.04 Å². The zero-order valence-electron chi connectivity index (χ0n) is 11.4. The number of halogens is 2. The summed E-state index contributed by atoms with van der Waals surface area (Å²) in [7, 11) is 0. The fourth-order valence-electron chi connectivity index (χ4n) is 2.62. The maximum Gasteiger partial charge on any atom is 0.0537 e. The van der Waals surface area contributed by atoms with Gasteiger partial charge in [0.1, 0.15) is 0 Å². The summed E-state index contributed by atoms with van der Waals surface area (Å²) >= 11 is 12.3. The largest absolute Gasteiger partial charge is 0.307 e. The van der Waals surface area contributed by atoms with Crippen molar-refractivity contribution in [3.8, 4) is 0 Å². The number of hydrogen-bond acceptors (Lipinski definition) is 1. The molecule has 0 bridgehead atoms. The summed E-state index contributed by atoms with van der Waals surface area (Å²) in [5.74, 6) is 0. The Morgan fingerprint density at radius 1 is 1.16 bits per heavy atom. The van der Waals surface area contributed by atoms with Crippen molar-refractivity contribution in [1.29, 1.82) is 0 Å². The molecule has 1 nitrogen and oxygen atoms in total. The van der Waals surface area contributed by atoms with Gasteiger partial charge in [-0.1, -0.05) is 41.8 Å². The van der Waals surface area contributed by atoms with E-state index in [0.717, 1.165) is 13.0 Å². The normalized spacial score (nSPS) is 17.1. The number of nitrogens with one attached hydrogen (secondary N) is 1. The minimum Gasteiger partial charge on any atom is -0.307 e. The molecule has 0 heterocycles. The van der Waals surface area contributed by atoms with Crippen molar-refractivity contribution in [2.75, 3.05) is 6.54 Å². The molecule has 0 aliphatic heterocycles. The van der Waals surface area contributed by atoms with Crippen LogP contribution in [0.25, 0.3) is 0 Å². The fourth-order valence-corrected chi connectivity index (χ4v) is 3.16. The highest BCUT2D eigenvalue weighted by Gasteiger charge is 2.18. The molecule has 1 aromatic carbocycles. The summed E-state index contributed by atoms with van der Waals surface area (Å²) in [6.07, 6.45) is 8.45. The van der Waals surface area contributed by atoms with Gasteiger partial charge in [0, 0.05) is 10.0 Å². The Balaban J connectivity index is 2.27. The van der Waals surface area contributed by atoms with E-state index in [2.05, 4.69) is 18.3 Å². The van der Waals surface area contributed by atoms with Crippen LogP contribution in [-0.4, -0.2) is 6.54 Å². The summed E-state index contributed by atoms with van der Waals surface area (Å²) in [5, 5.41) is 5.05. The smallest absolute Gasteiger partial charge is 0.0537 e. The van der Waals surface area contributed by atoms with E-state index in [1.165, 1.54) is 36.8 Å². The van der Waals surface area contributed by atoms with Gasteiger partial charge in [0.15, 0.2) is 0 Å². The van der Waals surface area contributed by atoms with Gasteiger partial charge in [0.2, 0.25) is 0 Å². The third kappa shape index (κ3) is 4.24. The van der Waals surface area contributed by atoms with Crippen molar-refractivity contribution in [2.45, 2.75) is 45.1 Å². The molecule has 1 N–H and O–H groups in total. The van der Waals surface area contributed by atoms with Gasteiger partial charge < -0.3 is 5.32 Å². The lowest BCUT2D eigenvalue weighted by atomic mass is 9.90. The second-order valence-corrected chi connectivity index (χ2v) is 5.99. The molecule has 0 saturated heterocycles. The van der Waals surface area contributed by atoms with Crippen molar-refractivity contribution in [3.05, 3.63) is 45.5 Å². The SMILES string of the molecule is CCCNC(C1=CCCCC1)c1cc(Cl)cc(Cl)c1. The molecule has 0 aromatic heterocycles. The van der Waals surface area contributed by atoms with Gasteiger partial charge in [-0.2, -0.15) is 0 Å². The highest BCUT2D eigenvalue weighted by atomic mass is 35.5. The molecule has 1 aromatic rings. The Bertz CT molecular complexity index is 434. The standard InChI is InChI=1S/C16H21Cl2N/c1-2-8-19-16(12-6-4-3-5-7-12)13-9-14(17)11-15(18)10-13/h6,9-11,16,19H,2-5,7-8H2,1H3. The maximum atomic E-state index is 6.14. The van der Waals surface area contributed by atoms with Gasteiger partial charge in [-0.05, 0) is 62.4 Å². The van der Waals surface area contributed by atoms with Crippen molar-refractivity contribution >= 4 is 23.2 Å². The molecule has 104 valence electrons. The highest BCUT2D eigenvalue weighted by Crippen LogP contribution is 2.32. The van der Waals surface area contributed by atoms with E-state index >= 15 is 0 Å². The lowest BCUT2D eigenvalue weighted by Gasteiger charge is -2.25. The zero-order valence-corrected chi connectivity index (χ0v) is 12.9. The number of allylic oxidation sites excluding steroid dienone is 1. The first-order chi connectivity index (χ1) is 9.20. The molecule has 0 radical (unpaired) electrons. The molecular weight excluding hydrogens is 277 g/mol. The lowest BCUT2D eigenvalue weighted by molar-refractivity contribution is 0.547. The van der Waals surface area contributed by atoms with Crippen molar-refractivity contribution in [3.63, 3.8) is 0 Å². The van der Waals surface area contributed by atoms with Crippen LogP contribution in [0, 0.1) is 0 Å². The summed E-state index contributed by atoms with van der Waals surface area (Å²) in [6, 6.07) is 6.10. The van der Waals surface area contributed by atoms with Gasteiger partial charge in [-0.3, -0.25) is 0 Å². The molecule has 2 rings (SSSR count). The first kappa shape index (κ1) is 14.9. The van der Waals surface area contributed by atoms with E-state index in [1.54, 1.807) is 6.07 Å². The van der Waals surface area contributed by atoms with Crippen molar-refractivity contribution in [1.82, 2.24) is 5.32 Å². The summed E-state index contributed by atoms with van der Waals surface area (Å²) in [6.45, 7) is 3.19. The summed E-state index contributed by atoms with van der Waals surface area (Å²) in [4.78, 5) is 0. The van der Waals surface area contributed by atoms with E-state index in [0.29, 0.717) is 10.0 Å². The maximum absolute atomic E-state index is 6.14. The molecule has 0 saturated carbocycles. The Kier molecular flexibility index (Phi) is 5.75. The van der Waals surface area contributed by atoms with Gasteiger partial charge in [0.25, 0.3) is 0 Å². The van der Waals surface area contributed by atoms with Crippen LogP contribution in [0.1, 0.15) is 50.6 Å². The minimum absolute atomic E-state index is 0.261. The monoisotopic (exact) mass is 297 g/mol. The molecule has 0 spiro atoms. The zero-order chi connectivity index (χ0) is 13.7. The molecule has 0 amide bonds. The van der Waals surface area contributed by atoms with E-state index < -0.39 is 0 Å². The predicted molar refractivity (Wildman–Crippen MR) is 84.0 cm³/mol. The molecule has 0 fully saturated rings. The van der Waals surface area contributed by atoms with Crippen LogP contribution in [0.3, 0.4) is 0 Å². The van der Waals surface area contributed by atoms with Crippen LogP contribution >= 0.6 is 23.2 Å². The Morgan fingerprint density at radius 3 is 2.47 bits per heavy atom. The van der Waals surface area contributed by atoms with E-state index in [1.807, 2.05) is 12.1 Å². The summed E-state index contributed by atoms with van der Waals surface area (Å²) < 4.78 is 0. The third-order valence-electron chi connectivity index (χ3n) is 3.51. The fraction of sp³-hybridized carbons (Fsp3) is 0.500. The van der Waals surface area contributed by atoms with Crippen LogP contribution in [0.15, 0.2) is 29.8 Å². The van der Waals surface area contributed by atoms with E-state index in [-0.39, 0.29) is 6.04 Å². The molecular formula is C16H21Cl2N. The number of rotatable bonds is 5. The van der Waals surface area contributed by atoms with Gasteiger partial charge >= 0.3 is 0 Å². The minimum atomic E-state index is 0.261. The number of benzene rings is 1. The van der Waals surface area contributed by atoms with Gasteiger partial charge in [-0.25, -0.2) is 0 Å². The van der Waals surface area contributed by atoms with Crippen LogP contribution < -0.4 is 5.32 Å². The molecule has 3 heteroatoms. The Morgan fingerprint density at radius 2 is 1.89 bits per heavy atom. The lowest BCUT2D eigenvalue weighted by Crippen LogP contribution is -2.24. The number of hydrogen-bond donors (Lipinski definition) is 1. The van der Waals surface area contributed by atoms with Crippen LogP contribution in [-0.2, 0) is 0 Å². The first-order valence-electron chi connectivity index (χ1n) is 7.09. The highest BCUT2D eigenvalue weighted by molar-refractivity contribution is 6.34. The van der Waals surface area contributed by atoms with Gasteiger partial charge in [-0.15, -0.1) is 0 Å². The second kappa shape index (κ2) is 7.33. The average Bonchev–Trinajstić information content (AvgIpc) is 2.39. The molecule has 19 heavy (non-hydrogen) atoms. The molecule has 1 aliphatic rings. The van der Waals surface area contributed by atoms with E-state index in [9.17, 15) is 0 Å². The Hall–Kier alpha value is -0.500. The third-order valence-corrected chi connectivity index (χ3v) is 3.95. The van der Waals surface area contributed by atoms with Crippen molar-refractivity contribution < 1.29 is 0 Å². The van der Waals surface area contributed by atoms with Crippen LogP contribution in [0.5, 0.6) is 0 Å². The Labute approximate surface area is 126 Å². The average molecular weight is 298 g/mol. The van der Waals surface area contributed by atoms with E-state index in [4.69, 9.17) is 23.2 Å². The second-order valence-electron chi connectivity index (χ2n) is 5.11. The van der Waals surface area contributed by atoms with Crippen LogP contribution in [0.4, 0.5) is 0 Å². The van der Waals surface area contributed by atoms with Crippen molar-refractivity contribution in [2.24, 2.45) is 0 Å². The topological polar surface area (TPSA) is 12.0 Å². The predicted octanol–water partition coefficient (Wildman–Crippen LogP) is 5.53. The first-order valence-corrected chi connectivity index (χ1v) is 7.84. The molecule has 1 unspecified atom stereocenters. The summed E-state index contributed by atoms with van der Waals surface area (Å²) in [5.41, 5.74) is 2.66. The molecule has 1 aliphatic carbocycles. The van der Waals surface area contributed by atoms with Crippen LogP contribution in [0.2, 0.25) is 10.0 Å². The molecule has 1 atom stereocenters.